The zero-order valence-electron chi connectivity index (χ0n) is 10.5. The van der Waals surface area contributed by atoms with Crippen molar-refractivity contribution < 1.29 is 4.42 Å². The van der Waals surface area contributed by atoms with E-state index in [4.69, 9.17) is 4.42 Å². The van der Waals surface area contributed by atoms with E-state index in [2.05, 4.69) is 48.4 Å². The number of nitrogens with zero attached hydrogens (tertiary/aromatic N) is 1. The summed E-state index contributed by atoms with van der Waals surface area (Å²) >= 11 is 0. The molecule has 1 N–H and O–H groups in total. The fourth-order valence-corrected chi connectivity index (χ4v) is 1.63. The number of hydrogen-bond donors (Lipinski definition) is 1. The van der Waals surface area contributed by atoms with E-state index in [0.717, 1.165) is 18.1 Å². The van der Waals surface area contributed by atoms with Crippen LogP contribution >= 0.6 is 0 Å². The zero-order chi connectivity index (χ0) is 12.3. The van der Waals surface area contributed by atoms with Gasteiger partial charge in [0.25, 0.3) is 0 Å². The van der Waals surface area contributed by atoms with E-state index in [9.17, 15) is 0 Å². The van der Waals surface area contributed by atoms with Gasteiger partial charge < -0.3 is 9.73 Å². The lowest BCUT2D eigenvalue weighted by molar-refractivity contribution is 0.420. The first-order valence-electron chi connectivity index (χ1n) is 5.86. The topological polar surface area (TPSA) is 38.1 Å². The molecule has 0 fully saturated rings. The average Bonchev–Trinajstić information content (AvgIpc) is 2.80. The van der Waals surface area contributed by atoms with Crippen molar-refractivity contribution in [1.29, 1.82) is 0 Å². The molecule has 1 heterocycles. The summed E-state index contributed by atoms with van der Waals surface area (Å²) in [7, 11) is 1.91. The highest BCUT2D eigenvalue weighted by Gasteiger charge is 2.09. The summed E-state index contributed by atoms with van der Waals surface area (Å²) in [6.45, 7) is 4.14. The van der Waals surface area contributed by atoms with Gasteiger partial charge in [0.15, 0.2) is 5.89 Å². The van der Waals surface area contributed by atoms with Crippen molar-refractivity contribution in [2.45, 2.75) is 26.3 Å². The van der Waals surface area contributed by atoms with E-state index >= 15 is 0 Å². The second kappa shape index (κ2) is 5.15. The predicted octanol–water partition coefficient (Wildman–Crippen LogP) is 2.85. The van der Waals surface area contributed by atoms with Gasteiger partial charge in [0, 0.05) is 6.42 Å². The molecule has 0 saturated heterocycles. The van der Waals surface area contributed by atoms with Gasteiger partial charge in [-0.1, -0.05) is 29.8 Å². The second-order valence-corrected chi connectivity index (χ2v) is 4.33. The monoisotopic (exact) mass is 230 g/mol. The van der Waals surface area contributed by atoms with E-state index in [1.54, 1.807) is 6.20 Å². The molecule has 0 amide bonds. The van der Waals surface area contributed by atoms with Crippen molar-refractivity contribution in [3.05, 3.63) is 53.2 Å². The van der Waals surface area contributed by atoms with Crippen LogP contribution in [0.25, 0.3) is 0 Å². The maximum atomic E-state index is 5.70. The Morgan fingerprint density at radius 1 is 1.29 bits per heavy atom. The summed E-state index contributed by atoms with van der Waals surface area (Å²) in [6, 6.07) is 8.64. The molecular weight excluding hydrogens is 212 g/mol. The van der Waals surface area contributed by atoms with Gasteiger partial charge in [-0.3, -0.25) is 0 Å². The Bertz CT molecular complexity index is 473. The minimum atomic E-state index is 0.203. The molecule has 0 aliphatic heterocycles. The summed E-state index contributed by atoms with van der Waals surface area (Å²) < 4.78 is 5.70. The normalized spacial score (nSPS) is 12.6. The van der Waals surface area contributed by atoms with Crippen LogP contribution in [0.3, 0.4) is 0 Å². The Balaban J connectivity index is 2.08. The fraction of sp³-hybridized carbons (Fsp3) is 0.357. The molecule has 2 rings (SSSR count). The predicted molar refractivity (Wildman–Crippen MR) is 68.0 cm³/mol. The van der Waals surface area contributed by atoms with Crippen LogP contribution in [0.1, 0.15) is 35.7 Å². The molecule has 90 valence electrons. The zero-order valence-corrected chi connectivity index (χ0v) is 10.5. The van der Waals surface area contributed by atoms with Crippen LogP contribution in [0.5, 0.6) is 0 Å². The third kappa shape index (κ3) is 2.94. The molecule has 2 aromatic rings. The van der Waals surface area contributed by atoms with Gasteiger partial charge in [-0.15, -0.1) is 0 Å². The fourth-order valence-electron chi connectivity index (χ4n) is 1.63. The molecular formula is C14H18N2O. The van der Waals surface area contributed by atoms with E-state index in [1.165, 1.54) is 11.1 Å². The Labute approximate surface area is 102 Å². The van der Waals surface area contributed by atoms with Crippen molar-refractivity contribution in [3.63, 3.8) is 0 Å². The summed E-state index contributed by atoms with van der Waals surface area (Å²) in [5.74, 6) is 1.65. The third-order valence-electron chi connectivity index (χ3n) is 2.91. The number of aromatic nitrogens is 1. The summed E-state index contributed by atoms with van der Waals surface area (Å²) in [4.78, 5) is 4.30. The molecule has 1 unspecified atom stereocenters. The highest BCUT2D eigenvalue weighted by atomic mass is 16.4. The lowest BCUT2D eigenvalue weighted by Gasteiger charge is -2.04. The SMILES string of the molecule is CNC(C)c1cnc(Cc2ccc(C)cc2)o1. The van der Waals surface area contributed by atoms with E-state index in [-0.39, 0.29) is 6.04 Å². The Morgan fingerprint density at radius 3 is 2.65 bits per heavy atom. The van der Waals surface area contributed by atoms with Gasteiger partial charge in [0.2, 0.25) is 0 Å². The van der Waals surface area contributed by atoms with Crippen LogP contribution < -0.4 is 5.32 Å². The lowest BCUT2D eigenvalue weighted by atomic mass is 10.1. The summed E-state index contributed by atoms with van der Waals surface area (Å²) in [5, 5.41) is 3.13. The van der Waals surface area contributed by atoms with Crippen LogP contribution in [0.2, 0.25) is 0 Å². The Kier molecular flexibility index (Phi) is 3.59. The number of aryl methyl sites for hydroxylation is 1. The number of rotatable bonds is 4. The van der Waals surface area contributed by atoms with E-state index in [1.807, 2.05) is 7.05 Å². The largest absolute Gasteiger partial charge is 0.444 e. The molecule has 0 spiro atoms. The Hall–Kier alpha value is -1.61. The van der Waals surface area contributed by atoms with Gasteiger partial charge in [0.1, 0.15) is 5.76 Å². The molecule has 3 heteroatoms. The van der Waals surface area contributed by atoms with Crippen molar-refractivity contribution in [2.75, 3.05) is 7.05 Å². The molecule has 3 nitrogen and oxygen atoms in total. The Morgan fingerprint density at radius 2 is 2.00 bits per heavy atom. The molecule has 1 aromatic carbocycles. The van der Waals surface area contributed by atoms with Crippen molar-refractivity contribution >= 4 is 0 Å². The number of hydrogen-bond acceptors (Lipinski definition) is 3. The van der Waals surface area contributed by atoms with Crippen LogP contribution in [-0.2, 0) is 6.42 Å². The number of benzene rings is 1. The maximum Gasteiger partial charge on any atom is 0.198 e. The minimum Gasteiger partial charge on any atom is -0.444 e. The molecule has 0 saturated carbocycles. The van der Waals surface area contributed by atoms with E-state index < -0.39 is 0 Å². The molecule has 0 radical (unpaired) electrons. The summed E-state index contributed by atoms with van der Waals surface area (Å²) in [6.07, 6.45) is 2.54. The van der Waals surface area contributed by atoms with Gasteiger partial charge >= 0.3 is 0 Å². The van der Waals surface area contributed by atoms with Crippen LogP contribution in [0.15, 0.2) is 34.9 Å². The van der Waals surface area contributed by atoms with Crippen molar-refractivity contribution in [3.8, 4) is 0 Å². The standard InChI is InChI=1S/C14H18N2O/c1-10-4-6-12(7-5-10)8-14-16-9-13(17-14)11(2)15-3/h4-7,9,11,15H,8H2,1-3H3. The van der Waals surface area contributed by atoms with Crippen molar-refractivity contribution in [1.82, 2.24) is 10.3 Å². The maximum absolute atomic E-state index is 5.70. The van der Waals surface area contributed by atoms with Crippen molar-refractivity contribution in [2.24, 2.45) is 0 Å². The third-order valence-corrected chi connectivity index (χ3v) is 2.91. The lowest BCUT2D eigenvalue weighted by Crippen LogP contribution is -2.11. The van der Waals surface area contributed by atoms with Crippen LogP contribution in [-0.4, -0.2) is 12.0 Å². The van der Waals surface area contributed by atoms with Crippen LogP contribution in [0, 0.1) is 6.92 Å². The minimum absolute atomic E-state index is 0.203. The molecule has 0 aliphatic carbocycles. The smallest absolute Gasteiger partial charge is 0.198 e. The second-order valence-electron chi connectivity index (χ2n) is 4.33. The van der Waals surface area contributed by atoms with Gasteiger partial charge in [-0.25, -0.2) is 4.98 Å². The highest BCUT2D eigenvalue weighted by Crippen LogP contribution is 2.16. The highest BCUT2D eigenvalue weighted by molar-refractivity contribution is 5.23. The van der Waals surface area contributed by atoms with Gasteiger partial charge in [-0.2, -0.15) is 0 Å². The molecule has 0 aliphatic rings. The van der Waals surface area contributed by atoms with E-state index in [0.29, 0.717) is 0 Å². The molecule has 0 bridgehead atoms. The van der Waals surface area contributed by atoms with Crippen LogP contribution in [0.4, 0.5) is 0 Å². The average molecular weight is 230 g/mol. The quantitative estimate of drug-likeness (QED) is 0.877. The number of nitrogens with one attached hydrogen (secondary N) is 1. The first-order chi connectivity index (χ1) is 8.19. The first kappa shape index (κ1) is 11.9. The molecule has 1 atom stereocenters. The van der Waals surface area contributed by atoms with Gasteiger partial charge in [0.05, 0.1) is 12.2 Å². The first-order valence-corrected chi connectivity index (χ1v) is 5.86. The molecule has 17 heavy (non-hydrogen) atoms. The van der Waals surface area contributed by atoms with Gasteiger partial charge in [-0.05, 0) is 26.5 Å². The number of oxazole rings is 1. The summed E-state index contributed by atoms with van der Waals surface area (Å²) in [5.41, 5.74) is 2.49. The molecule has 1 aromatic heterocycles.